The van der Waals surface area contributed by atoms with Crippen molar-refractivity contribution in [1.29, 1.82) is 0 Å². The van der Waals surface area contributed by atoms with Crippen molar-refractivity contribution >= 4 is 0 Å². The molecule has 2 N–H and O–H groups in total. The van der Waals surface area contributed by atoms with Gasteiger partial charge in [0.15, 0.2) is 0 Å². The number of hydrogen-bond donors (Lipinski definition) is 2. The van der Waals surface area contributed by atoms with Crippen LogP contribution >= 0.6 is 0 Å². The minimum absolute atomic E-state index is 0.284. The van der Waals surface area contributed by atoms with Crippen molar-refractivity contribution in [2.75, 3.05) is 6.61 Å². The molecule has 0 spiro atoms. The molecule has 3 rings (SSSR count). The van der Waals surface area contributed by atoms with Crippen LogP contribution in [0.5, 0.6) is 5.75 Å². The molecule has 2 aromatic heterocycles. The molecule has 0 saturated carbocycles. The Morgan fingerprint density at radius 3 is 2.76 bits per heavy atom. The zero-order chi connectivity index (χ0) is 23.8. The van der Waals surface area contributed by atoms with Crippen LogP contribution in [0.1, 0.15) is 51.3 Å². The van der Waals surface area contributed by atoms with Crippen molar-refractivity contribution in [3.8, 4) is 5.75 Å². The van der Waals surface area contributed by atoms with E-state index in [9.17, 15) is 14.7 Å². The molecule has 178 valence electrons. The minimum Gasteiger partial charge on any atom is -0.493 e. The molecule has 0 amide bonds. The second-order valence-electron chi connectivity index (χ2n) is 8.76. The number of nitrogens with one attached hydrogen (secondary N) is 1. The lowest BCUT2D eigenvalue weighted by Crippen LogP contribution is -2.32. The summed E-state index contributed by atoms with van der Waals surface area (Å²) in [4.78, 5) is 25.2. The molecule has 1 atom stereocenters. The van der Waals surface area contributed by atoms with E-state index in [2.05, 4.69) is 29.1 Å². The minimum atomic E-state index is -1.11. The molecule has 3 aromatic rings. The lowest BCUT2D eigenvalue weighted by molar-refractivity contribution is 0.00948. The number of ether oxygens (including phenoxy) is 1. The molecule has 0 fully saturated rings. The summed E-state index contributed by atoms with van der Waals surface area (Å²) < 4.78 is 9.07. The Labute approximate surface area is 193 Å². The van der Waals surface area contributed by atoms with Crippen LogP contribution in [0.25, 0.3) is 0 Å². The molecule has 0 bridgehead atoms. The van der Waals surface area contributed by atoms with Crippen molar-refractivity contribution in [2.24, 2.45) is 5.92 Å². The van der Waals surface area contributed by atoms with Gasteiger partial charge >= 0.3 is 5.69 Å². The van der Waals surface area contributed by atoms with E-state index in [1.807, 2.05) is 31.2 Å². The van der Waals surface area contributed by atoms with E-state index in [1.165, 1.54) is 16.8 Å². The number of aliphatic hydroxyl groups is 1. The predicted molar refractivity (Wildman–Crippen MR) is 125 cm³/mol. The van der Waals surface area contributed by atoms with Gasteiger partial charge in [-0.05, 0) is 49.3 Å². The van der Waals surface area contributed by atoms with Gasteiger partial charge in [-0.15, -0.1) is 5.10 Å². The summed E-state index contributed by atoms with van der Waals surface area (Å²) in [6.45, 7) is 7.55. The van der Waals surface area contributed by atoms with Crippen molar-refractivity contribution < 1.29 is 9.84 Å². The van der Waals surface area contributed by atoms with Crippen LogP contribution in [0.2, 0.25) is 0 Å². The number of nitrogens with zero attached hydrogens (tertiary/aromatic N) is 4. The van der Waals surface area contributed by atoms with Crippen LogP contribution in [0.4, 0.5) is 0 Å². The Balaban J connectivity index is 1.63. The van der Waals surface area contributed by atoms with E-state index in [1.54, 1.807) is 10.9 Å². The predicted octanol–water partition coefficient (Wildman–Crippen LogP) is 2.48. The average molecular weight is 456 g/mol. The van der Waals surface area contributed by atoms with Gasteiger partial charge in [-0.1, -0.05) is 38.1 Å². The third-order valence-electron chi connectivity index (χ3n) is 5.63. The highest BCUT2D eigenvalue weighted by atomic mass is 16.5. The number of H-pyrrole nitrogens is 1. The van der Waals surface area contributed by atoms with Gasteiger partial charge in [0.25, 0.3) is 5.56 Å². The largest absolute Gasteiger partial charge is 0.493 e. The lowest BCUT2D eigenvalue weighted by atomic mass is 9.90. The first-order valence-electron chi connectivity index (χ1n) is 11.4. The van der Waals surface area contributed by atoms with E-state index in [-0.39, 0.29) is 6.54 Å². The number of aryl methyl sites for hydroxylation is 2. The first kappa shape index (κ1) is 24.4. The number of benzene rings is 1. The van der Waals surface area contributed by atoms with Crippen LogP contribution in [-0.4, -0.2) is 36.3 Å². The number of aromatic amines is 1. The number of unbranched alkanes of at least 4 members (excludes halogenated alkanes) is 1. The normalized spacial score (nSPS) is 13.2. The smallest absolute Gasteiger partial charge is 0.328 e. The van der Waals surface area contributed by atoms with Crippen LogP contribution in [0.15, 0.2) is 52.3 Å². The maximum Gasteiger partial charge on any atom is 0.328 e. The van der Waals surface area contributed by atoms with E-state index < -0.39 is 16.9 Å². The molecule has 0 aliphatic heterocycles. The van der Waals surface area contributed by atoms with Crippen LogP contribution in [-0.2, 0) is 25.1 Å². The summed E-state index contributed by atoms with van der Waals surface area (Å²) in [7, 11) is 0. The average Bonchev–Trinajstić information content (AvgIpc) is 3.23. The van der Waals surface area contributed by atoms with Crippen molar-refractivity contribution in [1.82, 2.24) is 24.5 Å². The third kappa shape index (κ3) is 6.64. The summed E-state index contributed by atoms with van der Waals surface area (Å²) in [6, 6.07) is 8.94. The van der Waals surface area contributed by atoms with Gasteiger partial charge in [0, 0.05) is 18.8 Å². The fraction of sp³-hybridized carbons (Fsp3) is 0.500. The summed E-state index contributed by atoms with van der Waals surface area (Å²) >= 11 is 0. The van der Waals surface area contributed by atoms with Gasteiger partial charge in [0.1, 0.15) is 11.4 Å². The van der Waals surface area contributed by atoms with Gasteiger partial charge in [0.05, 0.1) is 25.0 Å². The van der Waals surface area contributed by atoms with Gasteiger partial charge in [0.2, 0.25) is 0 Å². The SMILES string of the molecule is CC[C@@](O)(Cn1nncc1CCCCn1ccc(=O)[nH]c1=O)c1cccc(OCC(C)C)c1. The standard InChI is InChI=1S/C24H33N5O4/c1-4-24(32,19-8-7-10-21(14-19)33-16-18(2)3)17-29-20(15-25-27-29)9-5-6-12-28-13-11-22(30)26-23(28)31/h7-8,10-11,13-15,18,32H,4-6,9,12,16-17H2,1-3H3,(H,26,30,31)/t24-/m1/s1. The summed E-state index contributed by atoms with van der Waals surface area (Å²) in [5, 5.41) is 19.7. The highest BCUT2D eigenvalue weighted by Gasteiger charge is 2.29. The molecule has 33 heavy (non-hydrogen) atoms. The molecule has 0 aliphatic carbocycles. The monoisotopic (exact) mass is 455 g/mol. The van der Waals surface area contributed by atoms with Crippen molar-refractivity contribution in [2.45, 2.75) is 65.1 Å². The second kappa shape index (κ2) is 11.1. The first-order valence-corrected chi connectivity index (χ1v) is 11.4. The molecular weight excluding hydrogens is 422 g/mol. The van der Waals surface area contributed by atoms with Gasteiger partial charge in [-0.25, -0.2) is 9.48 Å². The highest BCUT2D eigenvalue weighted by molar-refractivity contribution is 5.32. The molecule has 2 heterocycles. The van der Waals surface area contributed by atoms with E-state index >= 15 is 0 Å². The van der Waals surface area contributed by atoms with Crippen molar-refractivity contribution in [3.63, 3.8) is 0 Å². The fourth-order valence-corrected chi connectivity index (χ4v) is 3.61. The second-order valence-corrected chi connectivity index (χ2v) is 8.76. The van der Waals surface area contributed by atoms with Gasteiger partial charge < -0.3 is 14.4 Å². The highest BCUT2D eigenvalue weighted by Crippen LogP contribution is 2.30. The summed E-state index contributed by atoms with van der Waals surface area (Å²) in [5.74, 6) is 1.16. The van der Waals surface area contributed by atoms with Crippen LogP contribution in [0.3, 0.4) is 0 Å². The maximum atomic E-state index is 11.8. The zero-order valence-corrected chi connectivity index (χ0v) is 19.5. The third-order valence-corrected chi connectivity index (χ3v) is 5.63. The number of rotatable bonds is 12. The topological polar surface area (TPSA) is 115 Å². The molecule has 9 nitrogen and oxygen atoms in total. The molecule has 0 unspecified atom stereocenters. The van der Waals surface area contributed by atoms with Crippen LogP contribution < -0.4 is 16.0 Å². The Morgan fingerprint density at radius 1 is 1.21 bits per heavy atom. The summed E-state index contributed by atoms with van der Waals surface area (Å²) in [5.41, 5.74) is -0.204. The van der Waals surface area contributed by atoms with Gasteiger partial charge in [-0.2, -0.15) is 0 Å². The molecule has 1 aromatic carbocycles. The quantitative estimate of drug-likeness (QED) is 0.406. The molecule has 0 aliphatic rings. The Kier molecular flexibility index (Phi) is 8.21. The Morgan fingerprint density at radius 2 is 2.03 bits per heavy atom. The zero-order valence-electron chi connectivity index (χ0n) is 19.5. The van der Waals surface area contributed by atoms with Crippen molar-refractivity contribution in [3.05, 3.63) is 74.8 Å². The fourth-order valence-electron chi connectivity index (χ4n) is 3.61. The van der Waals surface area contributed by atoms with E-state index in [0.717, 1.165) is 29.8 Å². The van der Waals surface area contributed by atoms with Gasteiger partial charge in [-0.3, -0.25) is 9.78 Å². The number of aromatic nitrogens is 5. The summed E-state index contributed by atoms with van der Waals surface area (Å²) in [6.07, 6.45) is 6.00. The maximum absolute atomic E-state index is 11.8. The van der Waals surface area contributed by atoms with E-state index in [4.69, 9.17) is 4.74 Å². The van der Waals surface area contributed by atoms with Crippen LogP contribution in [0, 0.1) is 5.92 Å². The molecule has 0 saturated heterocycles. The Hall–Kier alpha value is -3.20. The molecular formula is C24H33N5O4. The first-order chi connectivity index (χ1) is 15.8. The molecule has 0 radical (unpaired) electrons. The molecule has 9 heteroatoms. The van der Waals surface area contributed by atoms with E-state index in [0.29, 0.717) is 31.9 Å². The lowest BCUT2D eigenvalue weighted by Gasteiger charge is -2.28. The number of hydrogen-bond acceptors (Lipinski definition) is 6. The Bertz CT molecular complexity index is 1150.